The fourth-order valence-electron chi connectivity index (χ4n) is 3.99. The third-order valence-electron chi connectivity index (χ3n) is 5.90. The Morgan fingerprint density at radius 3 is 2.40 bits per heavy atom. The standard InChI is InChI=1S/C28H34N2O11S/c1-18(31)38-11-8-12-39-25-15-23(30-28(33)37-3)21(22-14-24(27(32)36-2)29-26(22)25)13-20(17-41-42(4,34)35)40-16-19-9-6-5-7-10-19/h5-7,9-10,14-15,20,29H,8,11-13,16-17H2,1-4H3,(H,30,33)/t20-/m0/s1. The molecule has 0 aliphatic heterocycles. The molecular formula is C28H34N2O11S. The molecule has 1 heterocycles. The summed E-state index contributed by atoms with van der Waals surface area (Å²) in [5.41, 5.74) is 2.14. The van der Waals surface area contributed by atoms with E-state index in [1.807, 2.05) is 30.3 Å². The number of esters is 2. The maximum absolute atomic E-state index is 12.4. The van der Waals surface area contributed by atoms with Gasteiger partial charge in [0.05, 0.1) is 64.2 Å². The van der Waals surface area contributed by atoms with Crippen LogP contribution in [0.25, 0.3) is 10.9 Å². The number of aromatic amines is 1. The number of carbonyl (C=O) groups excluding carboxylic acids is 3. The summed E-state index contributed by atoms with van der Waals surface area (Å²) in [7, 11) is -1.35. The van der Waals surface area contributed by atoms with Crippen LogP contribution in [0.3, 0.4) is 0 Å². The molecule has 1 aromatic heterocycles. The van der Waals surface area contributed by atoms with Crippen molar-refractivity contribution in [3.63, 3.8) is 0 Å². The summed E-state index contributed by atoms with van der Waals surface area (Å²) in [4.78, 5) is 38.8. The average Bonchev–Trinajstić information content (AvgIpc) is 3.40. The van der Waals surface area contributed by atoms with Gasteiger partial charge in [-0.2, -0.15) is 8.42 Å². The summed E-state index contributed by atoms with van der Waals surface area (Å²) in [6.07, 6.45) is -0.191. The molecule has 1 atom stereocenters. The van der Waals surface area contributed by atoms with E-state index in [-0.39, 0.29) is 50.0 Å². The van der Waals surface area contributed by atoms with Gasteiger partial charge in [-0.15, -0.1) is 0 Å². The number of methoxy groups -OCH3 is 2. The minimum absolute atomic E-state index is 0.0589. The summed E-state index contributed by atoms with van der Waals surface area (Å²) in [5, 5.41) is 3.14. The van der Waals surface area contributed by atoms with Crippen LogP contribution in [0.1, 0.15) is 35.0 Å². The topological polar surface area (TPSA) is 169 Å². The number of anilines is 1. The number of amides is 1. The Morgan fingerprint density at radius 2 is 1.76 bits per heavy atom. The molecule has 3 aromatic rings. The van der Waals surface area contributed by atoms with E-state index in [9.17, 15) is 22.8 Å². The lowest BCUT2D eigenvalue weighted by Gasteiger charge is -2.21. The van der Waals surface area contributed by atoms with E-state index in [2.05, 4.69) is 10.3 Å². The van der Waals surface area contributed by atoms with Crippen molar-refractivity contribution in [3.8, 4) is 5.75 Å². The largest absolute Gasteiger partial charge is 0.491 e. The van der Waals surface area contributed by atoms with E-state index in [0.29, 0.717) is 22.9 Å². The second-order valence-corrected chi connectivity index (χ2v) is 10.8. The Labute approximate surface area is 243 Å². The Bertz CT molecular complexity index is 1490. The highest BCUT2D eigenvalue weighted by Crippen LogP contribution is 2.37. The predicted molar refractivity (Wildman–Crippen MR) is 152 cm³/mol. The molecule has 0 unspecified atom stereocenters. The van der Waals surface area contributed by atoms with Gasteiger partial charge in [-0.3, -0.25) is 14.3 Å². The second-order valence-electron chi connectivity index (χ2n) is 9.13. The SMILES string of the molecule is COC(=O)Nc1cc(OCCCOC(C)=O)c2[nH]c(C(=O)OC)cc2c1C[C@@H](COS(C)(=O)=O)OCc1ccccc1. The van der Waals surface area contributed by atoms with Crippen molar-refractivity contribution < 1.29 is 50.7 Å². The Kier molecular flexibility index (Phi) is 11.7. The van der Waals surface area contributed by atoms with Crippen LogP contribution in [0.4, 0.5) is 10.5 Å². The highest BCUT2D eigenvalue weighted by molar-refractivity contribution is 7.85. The van der Waals surface area contributed by atoms with Gasteiger partial charge in [0.2, 0.25) is 0 Å². The van der Waals surface area contributed by atoms with Crippen LogP contribution in [-0.4, -0.2) is 77.8 Å². The van der Waals surface area contributed by atoms with Gasteiger partial charge < -0.3 is 28.7 Å². The van der Waals surface area contributed by atoms with Crippen molar-refractivity contribution in [3.05, 3.63) is 59.3 Å². The number of H-pyrrole nitrogens is 1. The van der Waals surface area contributed by atoms with Crippen LogP contribution in [0.15, 0.2) is 42.5 Å². The lowest BCUT2D eigenvalue weighted by molar-refractivity contribution is -0.141. The molecule has 0 aliphatic carbocycles. The molecule has 3 rings (SSSR count). The Hall–Kier alpha value is -4.14. The lowest BCUT2D eigenvalue weighted by Crippen LogP contribution is -2.25. The summed E-state index contributed by atoms with van der Waals surface area (Å²) in [5.74, 6) is -0.771. The zero-order chi connectivity index (χ0) is 30.7. The summed E-state index contributed by atoms with van der Waals surface area (Å²) >= 11 is 0. The molecule has 0 saturated carbocycles. The van der Waals surface area contributed by atoms with Crippen LogP contribution in [0, 0.1) is 0 Å². The molecule has 2 aromatic carbocycles. The third-order valence-corrected chi connectivity index (χ3v) is 6.46. The molecule has 2 N–H and O–H groups in total. The maximum Gasteiger partial charge on any atom is 0.411 e. The van der Waals surface area contributed by atoms with Crippen molar-refractivity contribution in [1.29, 1.82) is 0 Å². The summed E-state index contributed by atoms with van der Waals surface area (Å²) < 4.78 is 55.3. The number of aromatic nitrogens is 1. The number of hydrogen-bond acceptors (Lipinski definition) is 11. The fraction of sp³-hybridized carbons (Fsp3) is 0.393. The van der Waals surface area contributed by atoms with E-state index < -0.39 is 34.3 Å². The van der Waals surface area contributed by atoms with Crippen molar-refractivity contribution >= 4 is 44.7 Å². The predicted octanol–water partition coefficient (Wildman–Crippen LogP) is 3.57. The number of fused-ring (bicyclic) bond motifs is 1. The quantitative estimate of drug-likeness (QED) is 0.112. The Morgan fingerprint density at radius 1 is 1.02 bits per heavy atom. The highest BCUT2D eigenvalue weighted by atomic mass is 32.2. The van der Waals surface area contributed by atoms with E-state index in [1.165, 1.54) is 27.2 Å². The van der Waals surface area contributed by atoms with Gasteiger partial charge in [0.25, 0.3) is 10.1 Å². The second kappa shape index (κ2) is 15.2. The number of carbonyl (C=O) groups is 3. The number of ether oxygens (including phenoxy) is 5. The number of nitrogens with one attached hydrogen (secondary N) is 2. The minimum Gasteiger partial charge on any atom is -0.491 e. The molecule has 0 bridgehead atoms. The van der Waals surface area contributed by atoms with Gasteiger partial charge in [-0.25, -0.2) is 9.59 Å². The highest BCUT2D eigenvalue weighted by Gasteiger charge is 2.24. The van der Waals surface area contributed by atoms with E-state index in [1.54, 1.807) is 6.07 Å². The molecule has 13 nitrogen and oxygen atoms in total. The number of benzene rings is 2. The molecule has 1 amide bonds. The first-order valence-corrected chi connectivity index (χ1v) is 14.7. The fourth-order valence-corrected chi connectivity index (χ4v) is 4.39. The zero-order valence-electron chi connectivity index (χ0n) is 23.8. The molecule has 0 aliphatic rings. The van der Waals surface area contributed by atoms with Gasteiger partial charge >= 0.3 is 18.0 Å². The van der Waals surface area contributed by atoms with E-state index in [4.69, 9.17) is 27.9 Å². The third kappa shape index (κ3) is 9.75. The molecule has 42 heavy (non-hydrogen) atoms. The normalized spacial score (nSPS) is 12.0. The van der Waals surface area contributed by atoms with Crippen molar-refractivity contribution in [1.82, 2.24) is 4.98 Å². The monoisotopic (exact) mass is 606 g/mol. The molecule has 0 spiro atoms. The van der Waals surface area contributed by atoms with Gasteiger partial charge in [0, 0.05) is 31.2 Å². The van der Waals surface area contributed by atoms with Gasteiger partial charge in [-0.05, 0) is 17.2 Å². The lowest BCUT2D eigenvalue weighted by atomic mass is 10.0. The molecule has 14 heteroatoms. The molecule has 0 fully saturated rings. The summed E-state index contributed by atoms with van der Waals surface area (Å²) in [6.45, 7) is 1.44. The van der Waals surface area contributed by atoms with Crippen LogP contribution in [0.5, 0.6) is 5.75 Å². The number of hydrogen-bond donors (Lipinski definition) is 2. The summed E-state index contributed by atoms with van der Waals surface area (Å²) in [6, 6.07) is 12.4. The Balaban J connectivity index is 2.04. The van der Waals surface area contributed by atoms with Crippen LogP contribution < -0.4 is 10.1 Å². The molecule has 228 valence electrons. The minimum atomic E-state index is -3.80. The molecule has 0 radical (unpaired) electrons. The van der Waals surface area contributed by atoms with E-state index >= 15 is 0 Å². The molecule has 0 saturated heterocycles. The first kappa shape index (κ1) is 32.4. The van der Waals surface area contributed by atoms with Gasteiger partial charge in [0.15, 0.2) is 0 Å². The van der Waals surface area contributed by atoms with E-state index in [0.717, 1.165) is 11.8 Å². The van der Waals surface area contributed by atoms with Gasteiger partial charge in [0.1, 0.15) is 11.4 Å². The first-order valence-electron chi connectivity index (χ1n) is 12.9. The zero-order valence-corrected chi connectivity index (χ0v) is 24.6. The van der Waals surface area contributed by atoms with Crippen LogP contribution >= 0.6 is 0 Å². The van der Waals surface area contributed by atoms with Crippen molar-refractivity contribution in [2.24, 2.45) is 0 Å². The smallest absolute Gasteiger partial charge is 0.411 e. The molecular weight excluding hydrogens is 572 g/mol. The van der Waals surface area contributed by atoms with Crippen molar-refractivity contribution in [2.75, 3.05) is 45.6 Å². The maximum atomic E-state index is 12.4. The van der Waals surface area contributed by atoms with Crippen LogP contribution in [0.2, 0.25) is 0 Å². The van der Waals surface area contributed by atoms with Crippen LogP contribution in [-0.2, 0) is 51.1 Å². The first-order chi connectivity index (χ1) is 20.0. The average molecular weight is 607 g/mol. The van der Waals surface area contributed by atoms with Crippen molar-refractivity contribution in [2.45, 2.75) is 32.5 Å². The van der Waals surface area contributed by atoms with Gasteiger partial charge in [-0.1, -0.05) is 30.3 Å². The number of rotatable bonds is 15.